The van der Waals surface area contributed by atoms with Crippen molar-refractivity contribution in [3.05, 3.63) is 28.2 Å². The molecule has 14 heavy (non-hydrogen) atoms. The molecule has 0 bridgehead atoms. The van der Waals surface area contributed by atoms with Gasteiger partial charge in [0.25, 0.3) is 0 Å². The fraction of sp³-hybridized carbons (Fsp3) is 0.364. The summed E-state index contributed by atoms with van der Waals surface area (Å²) in [7, 11) is 0. The Morgan fingerprint density at radius 2 is 1.93 bits per heavy atom. The van der Waals surface area contributed by atoms with Crippen LogP contribution in [0.15, 0.2) is 22.7 Å². The van der Waals surface area contributed by atoms with Crippen LogP contribution in [0.5, 0.6) is 0 Å². The summed E-state index contributed by atoms with van der Waals surface area (Å²) in [5.41, 5.74) is 6.57. The Labute approximate surface area is 92.6 Å². The lowest BCUT2D eigenvalue weighted by atomic mass is 9.86. The highest BCUT2D eigenvalue weighted by Gasteiger charge is 2.24. The van der Waals surface area contributed by atoms with Crippen molar-refractivity contribution in [3.8, 4) is 0 Å². The number of rotatable bonds is 1. The highest BCUT2D eigenvalue weighted by Crippen LogP contribution is 2.27. The average molecular weight is 256 g/mol. The minimum Gasteiger partial charge on any atom is -0.399 e. The van der Waals surface area contributed by atoms with Gasteiger partial charge in [-0.15, -0.1) is 0 Å². The molecule has 1 aromatic carbocycles. The van der Waals surface area contributed by atoms with Gasteiger partial charge < -0.3 is 5.73 Å². The molecular weight excluding hydrogens is 242 g/mol. The molecule has 0 aromatic heterocycles. The molecule has 0 fully saturated rings. The molecule has 1 aromatic rings. The summed E-state index contributed by atoms with van der Waals surface area (Å²) in [5, 5.41) is 0. The van der Waals surface area contributed by atoms with Crippen LogP contribution in [0.25, 0.3) is 0 Å². The van der Waals surface area contributed by atoms with Crippen molar-refractivity contribution in [2.75, 3.05) is 5.73 Å². The molecule has 2 nitrogen and oxygen atoms in total. The average Bonchev–Trinajstić information content (AvgIpc) is 2.01. The van der Waals surface area contributed by atoms with Gasteiger partial charge in [0.05, 0.1) is 0 Å². The molecule has 0 saturated heterocycles. The van der Waals surface area contributed by atoms with E-state index in [2.05, 4.69) is 15.9 Å². The number of hydrogen-bond acceptors (Lipinski definition) is 2. The summed E-state index contributed by atoms with van der Waals surface area (Å²) < 4.78 is 0.762. The van der Waals surface area contributed by atoms with E-state index in [1.54, 1.807) is 18.2 Å². The third kappa shape index (κ3) is 2.35. The van der Waals surface area contributed by atoms with Gasteiger partial charge in [-0.25, -0.2) is 0 Å². The number of Topliss-reactive ketones (excluding diaryl/α,β-unsaturated/α-hetero) is 1. The normalized spacial score (nSPS) is 11.4. The Morgan fingerprint density at radius 3 is 2.36 bits per heavy atom. The maximum absolute atomic E-state index is 11.9. The number of anilines is 1. The van der Waals surface area contributed by atoms with E-state index in [0.29, 0.717) is 11.3 Å². The molecule has 0 saturated carbocycles. The van der Waals surface area contributed by atoms with Gasteiger partial charge in [-0.2, -0.15) is 0 Å². The molecule has 0 unspecified atom stereocenters. The Morgan fingerprint density at radius 1 is 1.36 bits per heavy atom. The van der Waals surface area contributed by atoms with Gasteiger partial charge in [-0.1, -0.05) is 20.8 Å². The molecule has 0 aliphatic heterocycles. The maximum atomic E-state index is 11.9. The summed E-state index contributed by atoms with van der Waals surface area (Å²) in [5.74, 6) is 0.115. The van der Waals surface area contributed by atoms with Gasteiger partial charge in [-0.3, -0.25) is 4.79 Å². The molecule has 0 atom stereocenters. The van der Waals surface area contributed by atoms with Crippen molar-refractivity contribution < 1.29 is 4.79 Å². The van der Waals surface area contributed by atoms with Gasteiger partial charge in [0.15, 0.2) is 5.78 Å². The zero-order valence-corrected chi connectivity index (χ0v) is 10.2. The zero-order valence-electron chi connectivity index (χ0n) is 8.60. The number of nitrogen functional groups attached to an aromatic ring is 1. The Bertz CT molecular complexity index is 366. The fourth-order valence-corrected chi connectivity index (χ4v) is 1.70. The highest BCUT2D eigenvalue weighted by molar-refractivity contribution is 9.10. The monoisotopic (exact) mass is 255 g/mol. The summed E-state index contributed by atoms with van der Waals surface area (Å²) in [6, 6.07) is 5.25. The zero-order chi connectivity index (χ0) is 10.9. The van der Waals surface area contributed by atoms with E-state index < -0.39 is 0 Å². The highest BCUT2D eigenvalue weighted by atomic mass is 79.9. The smallest absolute Gasteiger partial charge is 0.169 e. The second-order valence-corrected chi connectivity index (χ2v) is 5.17. The topological polar surface area (TPSA) is 43.1 Å². The van der Waals surface area contributed by atoms with Crippen LogP contribution in [0.4, 0.5) is 5.69 Å². The van der Waals surface area contributed by atoms with E-state index in [1.807, 2.05) is 20.8 Å². The quantitative estimate of drug-likeness (QED) is 0.619. The second kappa shape index (κ2) is 3.73. The summed E-state index contributed by atoms with van der Waals surface area (Å²) >= 11 is 3.34. The molecule has 0 spiro atoms. The van der Waals surface area contributed by atoms with Gasteiger partial charge >= 0.3 is 0 Å². The first-order valence-corrected chi connectivity index (χ1v) is 5.21. The van der Waals surface area contributed by atoms with Gasteiger partial charge in [0.1, 0.15) is 0 Å². The van der Waals surface area contributed by atoms with Gasteiger partial charge in [0.2, 0.25) is 0 Å². The van der Waals surface area contributed by atoms with Crippen LogP contribution in [0.2, 0.25) is 0 Å². The first-order valence-electron chi connectivity index (χ1n) is 4.42. The maximum Gasteiger partial charge on any atom is 0.169 e. The number of nitrogens with two attached hydrogens (primary N) is 1. The van der Waals surface area contributed by atoms with Crippen molar-refractivity contribution in [2.45, 2.75) is 20.8 Å². The lowest BCUT2D eigenvalue weighted by Crippen LogP contribution is -2.20. The molecule has 1 rings (SSSR count). The summed E-state index contributed by atoms with van der Waals surface area (Å²) in [4.78, 5) is 11.9. The Kier molecular flexibility index (Phi) is 3.00. The first kappa shape index (κ1) is 11.2. The van der Waals surface area contributed by atoms with Crippen molar-refractivity contribution in [1.82, 2.24) is 0 Å². The van der Waals surface area contributed by atoms with Crippen molar-refractivity contribution in [2.24, 2.45) is 5.41 Å². The van der Waals surface area contributed by atoms with Crippen LogP contribution in [0, 0.1) is 5.41 Å². The largest absolute Gasteiger partial charge is 0.399 e. The second-order valence-electron chi connectivity index (χ2n) is 4.32. The first-order chi connectivity index (χ1) is 6.32. The minimum absolute atomic E-state index is 0.115. The third-order valence-electron chi connectivity index (χ3n) is 1.92. The number of carbonyl (C=O) groups is 1. The van der Waals surface area contributed by atoms with Crippen LogP contribution in [-0.4, -0.2) is 5.78 Å². The van der Waals surface area contributed by atoms with Crippen LogP contribution in [0.3, 0.4) is 0 Å². The summed E-state index contributed by atoms with van der Waals surface area (Å²) in [6.45, 7) is 5.70. The lowest BCUT2D eigenvalue weighted by Gasteiger charge is -2.17. The van der Waals surface area contributed by atoms with E-state index >= 15 is 0 Å². The third-order valence-corrected chi connectivity index (χ3v) is 2.58. The SMILES string of the molecule is CC(C)(C)C(=O)c1ccc(N)cc1Br. The molecule has 0 radical (unpaired) electrons. The Hall–Kier alpha value is -0.830. The van der Waals surface area contributed by atoms with Crippen LogP contribution in [0.1, 0.15) is 31.1 Å². The molecule has 0 aliphatic rings. The summed E-state index contributed by atoms with van der Waals surface area (Å²) in [6.07, 6.45) is 0. The Balaban J connectivity index is 3.15. The molecule has 0 amide bonds. The molecule has 3 heteroatoms. The van der Waals surface area contributed by atoms with Crippen LogP contribution < -0.4 is 5.73 Å². The van der Waals surface area contributed by atoms with Gasteiger partial charge in [-0.05, 0) is 34.1 Å². The standard InChI is InChI=1S/C11H14BrNO/c1-11(2,3)10(14)8-5-4-7(13)6-9(8)12/h4-6H,13H2,1-3H3. The molecule has 0 aliphatic carbocycles. The molecule has 0 heterocycles. The van der Waals surface area contributed by atoms with Crippen molar-refractivity contribution in [3.63, 3.8) is 0 Å². The van der Waals surface area contributed by atoms with E-state index in [-0.39, 0.29) is 11.2 Å². The number of carbonyl (C=O) groups excluding carboxylic acids is 1. The van der Waals surface area contributed by atoms with Crippen molar-refractivity contribution >= 4 is 27.4 Å². The predicted molar refractivity (Wildman–Crippen MR) is 62.3 cm³/mol. The van der Waals surface area contributed by atoms with E-state index in [1.165, 1.54) is 0 Å². The number of ketones is 1. The molecule has 2 N–H and O–H groups in total. The lowest BCUT2D eigenvalue weighted by molar-refractivity contribution is 0.0857. The number of benzene rings is 1. The number of hydrogen-bond donors (Lipinski definition) is 1. The van der Waals surface area contributed by atoms with Gasteiger partial charge in [0, 0.05) is 21.1 Å². The van der Waals surface area contributed by atoms with Crippen molar-refractivity contribution in [1.29, 1.82) is 0 Å². The predicted octanol–water partition coefficient (Wildman–Crippen LogP) is 3.26. The van der Waals surface area contributed by atoms with Crippen LogP contribution in [-0.2, 0) is 0 Å². The molecular formula is C11H14BrNO. The minimum atomic E-state index is -0.362. The van der Waals surface area contributed by atoms with Crippen LogP contribution >= 0.6 is 15.9 Å². The van der Waals surface area contributed by atoms with E-state index in [4.69, 9.17) is 5.73 Å². The van der Waals surface area contributed by atoms with E-state index in [0.717, 1.165) is 4.47 Å². The molecule has 76 valence electrons. The van der Waals surface area contributed by atoms with E-state index in [9.17, 15) is 4.79 Å². The number of halogens is 1. The fourth-order valence-electron chi connectivity index (χ4n) is 1.12.